The molecule has 0 bridgehead atoms. The van der Waals surface area contributed by atoms with Crippen LogP contribution in [0.25, 0.3) is 39.1 Å². The van der Waals surface area contributed by atoms with Gasteiger partial charge in [0.2, 0.25) is 5.82 Å². The SMILES string of the molecule is Cc1cc(C=Nn2c(-c3cc4cc(Br)ccc4o3)nc3ccccc3c2=O)c(C)n1-c1ccc(Sc2ccc([N+](=O)[O-])cc2)cc1. The lowest BCUT2D eigenvalue weighted by atomic mass is 10.2. The van der Waals surface area contributed by atoms with Gasteiger partial charge >= 0.3 is 0 Å². The molecule has 4 aromatic carbocycles. The first-order chi connectivity index (χ1) is 22.2. The molecule has 46 heavy (non-hydrogen) atoms. The number of non-ortho nitro benzene ring substituents is 1. The van der Waals surface area contributed by atoms with Crippen molar-refractivity contribution in [3.63, 3.8) is 0 Å². The second-order valence-electron chi connectivity index (χ2n) is 10.6. The van der Waals surface area contributed by atoms with Crippen LogP contribution in [0.1, 0.15) is 17.0 Å². The summed E-state index contributed by atoms with van der Waals surface area (Å²) in [6.45, 7) is 4.03. The number of fused-ring (bicyclic) bond motifs is 2. The molecule has 9 nitrogen and oxygen atoms in total. The number of para-hydroxylation sites is 1. The van der Waals surface area contributed by atoms with Crippen LogP contribution >= 0.6 is 27.7 Å². The summed E-state index contributed by atoms with van der Waals surface area (Å²) in [5, 5.41) is 17.0. The highest BCUT2D eigenvalue weighted by Gasteiger charge is 2.17. The summed E-state index contributed by atoms with van der Waals surface area (Å²) in [5.41, 5.74) is 4.78. The van der Waals surface area contributed by atoms with Crippen molar-refractivity contribution >= 4 is 61.5 Å². The highest BCUT2D eigenvalue weighted by atomic mass is 79.9. The largest absolute Gasteiger partial charge is 0.453 e. The van der Waals surface area contributed by atoms with Gasteiger partial charge < -0.3 is 8.98 Å². The quantitative estimate of drug-likeness (QED) is 0.0939. The fourth-order valence-electron chi connectivity index (χ4n) is 5.39. The molecule has 0 amide bonds. The molecule has 0 spiro atoms. The maximum absolute atomic E-state index is 13.7. The van der Waals surface area contributed by atoms with Gasteiger partial charge in [-0.3, -0.25) is 14.9 Å². The smallest absolute Gasteiger partial charge is 0.282 e. The number of hydrogen-bond donors (Lipinski definition) is 0. The minimum Gasteiger partial charge on any atom is -0.453 e. The predicted octanol–water partition coefficient (Wildman–Crippen LogP) is 8.92. The maximum Gasteiger partial charge on any atom is 0.282 e. The van der Waals surface area contributed by atoms with E-state index in [1.807, 2.05) is 74.5 Å². The van der Waals surface area contributed by atoms with Crippen molar-refractivity contribution in [2.75, 3.05) is 0 Å². The van der Waals surface area contributed by atoms with Gasteiger partial charge in [0.15, 0.2) is 5.76 Å². The molecule has 0 radical (unpaired) electrons. The number of nitro groups is 1. The van der Waals surface area contributed by atoms with Crippen molar-refractivity contribution in [2.24, 2.45) is 5.10 Å². The fourth-order valence-corrected chi connectivity index (χ4v) is 6.58. The van der Waals surface area contributed by atoms with Crippen molar-refractivity contribution in [2.45, 2.75) is 23.6 Å². The molecule has 0 atom stereocenters. The van der Waals surface area contributed by atoms with Gasteiger partial charge in [0.05, 0.1) is 22.0 Å². The number of aryl methyl sites for hydroxylation is 1. The molecule has 3 heterocycles. The minimum atomic E-state index is -0.403. The Labute approximate surface area is 275 Å². The summed E-state index contributed by atoms with van der Waals surface area (Å²) in [6, 6.07) is 31.4. The van der Waals surface area contributed by atoms with Crippen LogP contribution in [0, 0.1) is 24.0 Å². The Bertz CT molecular complexity index is 2370. The summed E-state index contributed by atoms with van der Waals surface area (Å²) in [7, 11) is 0. The van der Waals surface area contributed by atoms with E-state index < -0.39 is 4.92 Å². The predicted molar refractivity (Wildman–Crippen MR) is 184 cm³/mol. The Morgan fingerprint density at radius 2 is 1.65 bits per heavy atom. The van der Waals surface area contributed by atoms with Crippen LogP contribution in [-0.4, -0.2) is 25.4 Å². The van der Waals surface area contributed by atoms with Crippen LogP contribution in [0.3, 0.4) is 0 Å². The van der Waals surface area contributed by atoms with Gasteiger partial charge in [-0.2, -0.15) is 9.78 Å². The number of nitrogens with zero attached hydrogens (tertiary/aromatic N) is 5. The van der Waals surface area contributed by atoms with Gasteiger partial charge in [0.25, 0.3) is 11.2 Å². The third-order valence-electron chi connectivity index (χ3n) is 7.61. The first-order valence-corrected chi connectivity index (χ1v) is 15.8. The monoisotopic (exact) mass is 689 g/mol. The summed E-state index contributed by atoms with van der Waals surface area (Å²) >= 11 is 5.04. The lowest BCUT2D eigenvalue weighted by Gasteiger charge is -2.11. The molecule has 0 fully saturated rings. The van der Waals surface area contributed by atoms with Crippen LogP contribution in [0.2, 0.25) is 0 Å². The van der Waals surface area contributed by atoms with E-state index in [0.29, 0.717) is 28.1 Å². The van der Waals surface area contributed by atoms with Crippen LogP contribution in [0.4, 0.5) is 5.69 Å². The molecule has 0 N–H and O–H groups in total. The lowest BCUT2D eigenvalue weighted by Crippen LogP contribution is -2.20. The summed E-state index contributed by atoms with van der Waals surface area (Å²) in [5.74, 6) is 0.743. The van der Waals surface area contributed by atoms with Crippen LogP contribution in [0.15, 0.2) is 132 Å². The Morgan fingerprint density at radius 1 is 0.935 bits per heavy atom. The van der Waals surface area contributed by atoms with E-state index in [-0.39, 0.29) is 11.2 Å². The van der Waals surface area contributed by atoms with E-state index in [1.165, 1.54) is 28.6 Å². The zero-order valence-corrected chi connectivity index (χ0v) is 27.0. The number of aromatic nitrogens is 3. The molecule has 0 aliphatic heterocycles. The van der Waals surface area contributed by atoms with E-state index in [2.05, 4.69) is 25.6 Å². The Balaban J connectivity index is 1.22. The van der Waals surface area contributed by atoms with Gasteiger partial charge in [-0.1, -0.05) is 39.8 Å². The Hall–Kier alpha value is -5.26. The zero-order chi connectivity index (χ0) is 31.9. The van der Waals surface area contributed by atoms with Crippen LogP contribution in [-0.2, 0) is 0 Å². The van der Waals surface area contributed by atoms with E-state index in [9.17, 15) is 14.9 Å². The minimum absolute atomic E-state index is 0.0681. The van der Waals surface area contributed by atoms with E-state index in [4.69, 9.17) is 9.40 Å². The van der Waals surface area contributed by atoms with Gasteiger partial charge in [-0.15, -0.1) is 0 Å². The fraction of sp³-hybridized carbons (Fsp3) is 0.0571. The summed E-state index contributed by atoms with van der Waals surface area (Å²) in [4.78, 5) is 31.0. The van der Waals surface area contributed by atoms with E-state index in [1.54, 1.807) is 36.5 Å². The van der Waals surface area contributed by atoms with Crippen LogP contribution < -0.4 is 5.56 Å². The maximum atomic E-state index is 13.7. The number of benzene rings is 4. The van der Waals surface area contributed by atoms with Gasteiger partial charge in [-0.25, -0.2) is 4.98 Å². The van der Waals surface area contributed by atoms with Crippen molar-refractivity contribution in [3.8, 4) is 17.3 Å². The zero-order valence-electron chi connectivity index (χ0n) is 24.5. The number of nitro benzene ring substituents is 1. The molecule has 7 aromatic rings. The van der Waals surface area contributed by atoms with Gasteiger partial charge in [0, 0.05) is 54.4 Å². The Kier molecular flexibility index (Phi) is 7.63. The molecule has 226 valence electrons. The lowest BCUT2D eigenvalue weighted by molar-refractivity contribution is -0.384. The molecule has 0 saturated heterocycles. The number of furan rings is 1. The molecular formula is C35H24BrN5O4S. The third-order valence-corrected chi connectivity index (χ3v) is 9.12. The molecule has 3 aromatic heterocycles. The Morgan fingerprint density at radius 3 is 2.39 bits per heavy atom. The standard InChI is InChI=1S/C35H24BrN5O4S/c1-21-17-24(22(2)39(21)26-8-12-28(13-9-26)46-29-14-10-27(11-15-29)41(43)44)20-37-40-34(38-31-6-4-3-5-30(31)35(40)42)33-19-23-18-25(36)7-16-32(23)45-33/h3-20H,1-2H3. The number of hydrogen-bond acceptors (Lipinski definition) is 7. The van der Waals surface area contributed by atoms with Crippen molar-refractivity contribution < 1.29 is 9.34 Å². The second kappa shape index (κ2) is 11.9. The van der Waals surface area contributed by atoms with E-state index in [0.717, 1.165) is 42.3 Å². The average Bonchev–Trinajstić information content (AvgIpc) is 3.60. The molecule has 0 saturated carbocycles. The molecule has 7 rings (SSSR count). The van der Waals surface area contributed by atoms with Crippen molar-refractivity contribution in [3.05, 3.63) is 145 Å². The number of halogens is 1. The molecule has 0 aliphatic carbocycles. The van der Waals surface area contributed by atoms with E-state index >= 15 is 0 Å². The normalized spacial score (nSPS) is 11.6. The van der Waals surface area contributed by atoms with Gasteiger partial charge in [0.1, 0.15) is 5.58 Å². The summed E-state index contributed by atoms with van der Waals surface area (Å²) < 4.78 is 10.5. The highest BCUT2D eigenvalue weighted by Crippen LogP contribution is 2.31. The average molecular weight is 691 g/mol. The molecule has 0 unspecified atom stereocenters. The van der Waals surface area contributed by atoms with Crippen molar-refractivity contribution in [1.82, 2.24) is 14.2 Å². The number of rotatable bonds is 7. The topological polar surface area (TPSA) is 108 Å². The first-order valence-electron chi connectivity index (χ1n) is 14.2. The second-order valence-corrected chi connectivity index (χ2v) is 12.7. The molecule has 0 aliphatic rings. The van der Waals surface area contributed by atoms with Crippen LogP contribution in [0.5, 0.6) is 0 Å². The molecular weight excluding hydrogens is 666 g/mol. The van der Waals surface area contributed by atoms with Gasteiger partial charge in [-0.05, 0) is 92.7 Å². The molecule has 11 heteroatoms. The highest BCUT2D eigenvalue weighted by molar-refractivity contribution is 9.10. The van der Waals surface area contributed by atoms with Crippen molar-refractivity contribution in [1.29, 1.82) is 0 Å². The third kappa shape index (κ3) is 5.55. The summed E-state index contributed by atoms with van der Waals surface area (Å²) in [6.07, 6.45) is 1.68. The first kappa shape index (κ1) is 29.5.